The largest absolute Gasteiger partial charge is 0.396 e. The summed E-state index contributed by atoms with van der Waals surface area (Å²) in [6.07, 6.45) is 2.77. The van der Waals surface area contributed by atoms with Crippen LogP contribution in [0, 0.1) is 17.6 Å². The Labute approximate surface area is 185 Å². The summed E-state index contributed by atoms with van der Waals surface area (Å²) in [5.41, 5.74) is 0.0509. The molecule has 1 aromatic carbocycles. The van der Waals surface area contributed by atoms with Crippen LogP contribution in [0.2, 0.25) is 0 Å². The molecular weight excluding hydrogens is 477 g/mol. The van der Waals surface area contributed by atoms with E-state index in [1.54, 1.807) is 19.0 Å². The standard InChI is InChI=1S/C20H34F2N4O.HI/c1-5-8-15(11-12-27)13-24-20(23-6-2)25-14-18(26(3)4)19-16(21)9-7-10-17(19)22;/h7,9-10,15,18,27H,5-6,8,11-14H2,1-4H3,(H2,23,24,25);1H. The van der Waals surface area contributed by atoms with Gasteiger partial charge in [0.1, 0.15) is 11.6 Å². The summed E-state index contributed by atoms with van der Waals surface area (Å²) in [7, 11) is 3.58. The SMILES string of the molecule is CCCC(CCO)CN=C(NCC)NCC(c1c(F)cccc1F)N(C)C.I. The number of hydrogen-bond acceptors (Lipinski definition) is 3. The molecule has 3 N–H and O–H groups in total. The number of rotatable bonds is 11. The van der Waals surface area contributed by atoms with Gasteiger partial charge in [0.2, 0.25) is 0 Å². The molecule has 0 fully saturated rings. The van der Waals surface area contributed by atoms with E-state index < -0.39 is 17.7 Å². The maximum Gasteiger partial charge on any atom is 0.191 e. The number of guanidine groups is 1. The van der Waals surface area contributed by atoms with Crippen molar-refractivity contribution in [3.05, 3.63) is 35.4 Å². The molecule has 0 aromatic heterocycles. The van der Waals surface area contributed by atoms with Gasteiger partial charge in [-0.2, -0.15) is 0 Å². The predicted molar refractivity (Wildman–Crippen MR) is 122 cm³/mol. The summed E-state index contributed by atoms with van der Waals surface area (Å²) in [6.45, 7) is 5.83. The number of nitrogens with zero attached hydrogens (tertiary/aromatic N) is 2. The van der Waals surface area contributed by atoms with Crippen molar-refractivity contribution in [1.82, 2.24) is 15.5 Å². The van der Waals surface area contributed by atoms with Crippen molar-refractivity contribution in [3.63, 3.8) is 0 Å². The third kappa shape index (κ3) is 9.00. The topological polar surface area (TPSA) is 59.9 Å². The lowest BCUT2D eigenvalue weighted by atomic mass is 10.0. The number of aliphatic hydroxyl groups excluding tert-OH is 1. The number of hydrogen-bond donors (Lipinski definition) is 3. The zero-order chi connectivity index (χ0) is 20.2. The number of likely N-dealkylation sites (N-methyl/N-ethyl adjacent to an activating group) is 1. The molecule has 2 atom stereocenters. The Morgan fingerprint density at radius 2 is 1.79 bits per heavy atom. The Morgan fingerprint density at radius 3 is 2.29 bits per heavy atom. The Hall–Kier alpha value is -1.000. The van der Waals surface area contributed by atoms with E-state index in [2.05, 4.69) is 22.5 Å². The average Bonchev–Trinajstić information content (AvgIpc) is 2.61. The highest BCUT2D eigenvalue weighted by molar-refractivity contribution is 14.0. The summed E-state index contributed by atoms with van der Waals surface area (Å²) in [4.78, 5) is 6.38. The first-order valence-corrected chi connectivity index (χ1v) is 9.67. The first kappa shape index (κ1) is 27.0. The van der Waals surface area contributed by atoms with Crippen molar-refractivity contribution >= 4 is 29.9 Å². The lowest BCUT2D eigenvalue weighted by molar-refractivity contribution is 0.253. The number of benzene rings is 1. The molecule has 1 rings (SSSR count). The molecule has 0 heterocycles. The zero-order valence-corrected chi connectivity index (χ0v) is 19.7. The molecule has 0 aliphatic heterocycles. The first-order chi connectivity index (χ1) is 12.9. The van der Waals surface area contributed by atoms with Crippen LogP contribution >= 0.6 is 24.0 Å². The van der Waals surface area contributed by atoms with Crippen molar-refractivity contribution in [2.75, 3.05) is 40.3 Å². The van der Waals surface area contributed by atoms with Crippen LogP contribution in [0.25, 0.3) is 0 Å². The number of aliphatic imine (C=N–C) groups is 1. The van der Waals surface area contributed by atoms with Gasteiger partial charge in [-0.15, -0.1) is 24.0 Å². The van der Waals surface area contributed by atoms with Gasteiger partial charge >= 0.3 is 0 Å². The molecule has 2 unspecified atom stereocenters. The van der Waals surface area contributed by atoms with Gasteiger partial charge < -0.3 is 20.6 Å². The molecule has 0 bridgehead atoms. The molecule has 0 spiro atoms. The highest BCUT2D eigenvalue weighted by Crippen LogP contribution is 2.23. The van der Waals surface area contributed by atoms with Crippen molar-refractivity contribution in [1.29, 1.82) is 0 Å². The van der Waals surface area contributed by atoms with Gasteiger partial charge in [0, 0.05) is 31.8 Å². The Morgan fingerprint density at radius 1 is 1.14 bits per heavy atom. The van der Waals surface area contributed by atoms with Gasteiger partial charge in [0.25, 0.3) is 0 Å². The lowest BCUT2D eigenvalue weighted by Crippen LogP contribution is -2.42. The smallest absolute Gasteiger partial charge is 0.191 e. The quantitative estimate of drug-likeness (QED) is 0.241. The van der Waals surface area contributed by atoms with Crippen molar-refractivity contribution < 1.29 is 13.9 Å². The van der Waals surface area contributed by atoms with Gasteiger partial charge in [-0.1, -0.05) is 19.4 Å². The Bertz CT molecular complexity index is 561. The van der Waals surface area contributed by atoms with E-state index in [-0.39, 0.29) is 36.1 Å². The molecule has 0 radical (unpaired) electrons. The maximum atomic E-state index is 14.2. The molecule has 0 saturated carbocycles. The molecule has 8 heteroatoms. The van der Waals surface area contributed by atoms with Crippen LogP contribution < -0.4 is 10.6 Å². The predicted octanol–water partition coefficient (Wildman–Crippen LogP) is 3.54. The first-order valence-electron chi connectivity index (χ1n) is 9.67. The fourth-order valence-electron chi connectivity index (χ4n) is 3.05. The van der Waals surface area contributed by atoms with Crippen molar-refractivity contribution in [3.8, 4) is 0 Å². The summed E-state index contributed by atoms with van der Waals surface area (Å²) >= 11 is 0. The third-order valence-electron chi connectivity index (χ3n) is 4.51. The molecule has 162 valence electrons. The second-order valence-corrected chi connectivity index (χ2v) is 6.88. The van der Waals surface area contributed by atoms with Gasteiger partial charge in [0.05, 0.1) is 6.04 Å². The average molecular weight is 512 g/mol. The van der Waals surface area contributed by atoms with E-state index in [1.165, 1.54) is 18.2 Å². The molecule has 1 aromatic rings. The maximum absolute atomic E-state index is 14.2. The minimum absolute atomic E-state index is 0. The van der Waals surface area contributed by atoms with E-state index in [0.29, 0.717) is 31.5 Å². The zero-order valence-electron chi connectivity index (χ0n) is 17.3. The van der Waals surface area contributed by atoms with Crippen molar-refractivity contribution in [2.45, 2.75) is 39.2 Å². The lowest BCUT2D eigenvalue weighted by Gasteiger charge is -2.27. The summed E-state index contributed by atoms with van der Waals surface area (Å²) in [5, 5.41) is 15.6. The normalized spacial score (nSPS) is 13.8. The van der Waals surface area contributed by atoms with Crippen LogP contribution in [0.3, 0.4) is 0 Å². The second kappa shape index (κ2) is 14.9. The van der Waals surface area contributed by atoms with E-state index in [9.17, 15) is 13.9 Å². The van der Waals surface area contributed by atoms with Gasteiger partial charge in [-0.25, -0.2) is 8.78 Å². The molecule has 0 saturated heterocycles. The van der Waals surface area contributed by atoms with Gasteiger partial charge in [0.15, 0.2) is 5.96 Å². The molecule has 28 heavy (non-hydrogen) atoms. The molecular formula is C20H35F2IN4O. The number of nitrogens with one attached hydrogen (secondary N) is 2. The van der Waals surface area contributed by atoms with Crippen LogP contribution in [0.1, 0.15) is 44.7 Å². The molecule has 0 aliphatic carbocycles. The van der Waals surface area contributed by atoms with Crippen LogP contribution in [0.5, 0.6) is 0 Å². The van der Waals surface area contributed by atoms with E-state index in [4.69, 9.17) is 0 Å². The minimum Gasteiger partial charge on any atom is -0.396 e. The van der Waals surface area contributed by atoms with Crippen molar-refractivity contribution in [2.24, 2.45) is 10.9 Å². The number of halogens is 3. The molecule has 0 amide bonds. The Kier molecular flexibility index (Phi) is 14.4. The Balaban J connectivity index is 0.00000729. The van der Waals surface area contributed by atoms with E-state index >= 15 is 0 Å². The number of aliphatic hydroxyl groups is 1. The van der Waals surface area contributed by atoms with Gasteiger partial charge in [-0.05, 0) is 51.9 Å². The highest BCUT2D eigenvalue weighted by Gasteiger charge is 2.22. The minimum atomic E-state index is -0.552. The van der Waals surface area contributed by atoms with E-state index in [1.807, 2.05) is 6.92 Å². The fourth-order valence-corrected chi connectivity index (χ4v) is 3.05. The monoisotopic (exact) mass is 512 g/mol. The summed E-state index contributed by atoms with van der Waals surface area (Å²) in [6, 6.07) is 3.45. The summed E-state index contributed by atoms with van der Waals surface area (Å²) < 4.78 is 28.4. The third-order valence-corrected chi connectivity index (χ3v) is 4.51. The van der Waals surface area contributed by atoms with E-state index in [0.717, 1.165) is 19.3 Å². The second-order valence-electron chi connectivity index (χ2n) is 6.88. The van der Waals surface area contributed by atoms with Crippen LogP contribution in [0.15, 0.2) is 23.2 Å². The van der Waals surface area contributed by atoms with Crippen LogP contribution in [0.4, 0.5) is 8.78 Å². The van der Waals surface area contributed by atoms with Crippen LogP contribution in [-0.4, -0.2) is 56.3 Å². The van der Waals surface area contributed by atoms with Crippen LogP contribution in [-0.2, 0) is 0 Å². The van der Waals surface area contributed by atoms with Gasteiger partial charge in [-0.3, -0.25) is 4.99 Å². The molecule has 5 nitrogen and oxygen atoms in total. The highest BCUT2D eigenvalue weighted by atomic mass is 127. The summed E-state index contributed by atoms with van der Waals surface area (Å²) in [5.74, 6) is -0.170. The molecule has 0 aliphatic rings. The fraction of sp³-hybridized carbons (Fsp3) is 0.650.